The molecule has 31 heavy (non-hydrogen) atoms. The molecule has 0 aliphatic carbocycles. The molecule has 0 aliphatic heterocycles. The van der Waals surface area contributed by atoms with E-state index >= 15 is 0 Å². The summed E-state index contributed by atoms with van der Waals surface area (Å²) >= 11 is 5.86. The van der Waals surface area contributed by atoms with Crippen LogP contribution in [0.15, 0.2) is 62.4 Å². The lowest BCUT2D eigenvalue weighted by molar-refractivity contribution is 0.248. The van der Waals surface area contributed by atoms with Crippen LogP contribution in [0.5, 0.6) is 5.75 Å². The van der Waals surface area contributed by atoms with E-state index < -0.39 is 27.4 Å². The lowest BCUT2D eigenvalue weighted by Crippen LogP contribution is -2.37. The average molecular weight is 465 g/mol. The zero-order valence-corrected chi connectivity index (χ0v) is 17.8. The second kappa shape index (κ2) is 8.62. The van der Waals surface area contributed by atoms with Gasteiger partial charge in [0, 0.05) is 18.1 Å². The van der Waals surface area contributed by atoms with Gasteiger partial charge >= 0.3 is 6.03 Å². The number of rotatable bonds is 5. The molecule has 3 aromatic rings. The van der Waals surface area contributed by atoms with Crippen molar-refractivity contribution >= 4 is 39.0 Å². The van der Waals surface area contributed by atoms with Crippen molar-refractivity contribution in [2.24, 2.45) is 10.2 Å². The van der Waals surface area contributed by atoms with Gasteiger partial charge in [-0.25, -0.2) is 22.6 Å². The number of phenols is 1. The number of aromatic nitrogens is 2. The smallest absolute Gasteiger partial charge is 0.328 e. The van der Waals surface area contributed by atoms with Crippen LogP contribution in [0.1, 0.15) is 5.69 Å². The molecule has 0 aliphatic rings. The number of amides is 2. The van der Waals surface area contributed by atoms with Gasteiger partial charge in [0.15, 0.2) is 5.69 Å². The summed E-state index contributed by atoms with van der Waals surface area (Å²) in [6, 6.07) is 8.88. The summed E-state index contributed by atoms with van der Waals surface area (Å²) in [7, 11) is -2.92. The van der Waals surface area contributed by atoms with Crippen LogP contribution in [0.4, 0.5) is 16.2 Å². The van der Waals surface area contributed by atoms with E-state index in [1.807, 2.05) is 0 Å². The van der Waals surface area contributed by atoms with Gasteiger partial charge in [-0.1, -0.05) is 11.6 Å². The van der Waals surface area contributed by atoms with E-state index in [2.05, 4.69) is 20.6 Å². The number of halogens is 1. The third kappa shape index (κ3) is 4.75. The van der Waals surface area contributed by atoms with E-state index in [9.17, 15) is 23.1 Å². The highest BCUT2D eigenvalue weighted by Crippen LogP contribution is 2.30. The van der Waals surface area contributed by atoms with Gasteiger partial charge < -0.3 is 10.4 Å². The number of nitrogens with one attached hydrogen (secondary N) is 3. The second-order valence-electron chi connectivity index (χ2n) is 6.24. The predicted molar refractivity (Wildman–Crippen MR) is 113 cm³/mol. The summed E-state index contributed by atoms with van der Waals surface area (Å²) in [4.78, 5) is 23.6. The monoisotopic (exact) mass is 464 g/mol. The fraction of sp³-hybridized carbons (Fsp3) is 0.111. The van der Waals surface area contributed by atoms with Gasteiger partial charge in [0.05, 0.1) is 16.3 Å². The average Bonchev–Trinajstić information content (AvgIpc) is 3.01. The maximum Gasteiger partial charge on any atom is 0.328 e. The van der Waals surface area contributed by atoms with Crippen LogP contribution < -0.4 is 15.6 Å². The van der Waals surface area contributed by atoms with Crippen LogP contribution in [-0.2, 0) is 10.0 Å². The highest BCUT2D eigenvalue weighted by atomic mass is 35.5. The SMILES string of the molecule is CNC(=O)NS(=O)(=O)c1ccc(N=Nc2c(C)[nH]n(-c3ccc(Cl)cc3)c2=O)c(O)c1. The summed E-state index contributed by atoms with van der Waals surface area (Å²) in [5.74, 6) is -0.505. The lowest BCUT2D eigenvalue weighted by Gasteiger charge is -2.07. The minimum Gasteiger partial charge on any atom is -0.506 e. The van der Waals surface area contributed by atoms with Crippen molar-refractivity contribution in [1.29, 1.82) is 0 Å². The Kier molecular flexibility index (Phi) is 6.13. The van der Waals surface area contributed by atoms with Crippen molar-refractivity contribution in [3.63, 3.8) is 0 Å². The van der Waals surface area contributed by atoms with Crippen molar-refractivity contribution in [2.45, 2.75) is 11.8 Å². The molecule has 3 rings (SSSR count). The molecule has 0 saturated carbocycles. The Labute approximate surface area is 181 Å². The number of benzene rings is 2. The first-order chi connectivity index (χ1) is 14.6. The highest BCUT2D eigenvalue weighted by Gasteiger charge is 2.19. The molecular formula is C18H17ClN6O5S. The number of phenolic OH excluding ortho intramolecular Hbond substituents is 1. The van der Waals surface area contributed by atoms with E-state index in [0.717, 1.165) is 12.1 Å². The first kappa shape index (κ1) is 22.1. The first-order valence-electron chi connectivity index (χ1n) is 8.69. The molecule has 0 bridgehead atoms. The minimum atomic E-state index is -4.18. The normalized spacial score (nSPS) is 11.6. The van der Waals surface area contributed by atoms with Gasteiger partial charge in [0.1, 0.15) is 11.4 Å². The number of aromatic hydroxyl groups is 1. The van der Waals surface area contributed by atoms with E-state index in [0.29, 0.717) is 16.4 Å². The molecule has 0 radical (unpaired) electrons. The van der Waals surface area contributed by atoms with Crippen LogP contribution in [0.3, 0.4) is 0 Å². The molecule has 13 heteroatoms. The molecule has 0 atom stereocenters. The lowest BCUT2D eigenvalue weighted by atomic mass is 10.3. The zero-order chi connectivity index (χ0) is 22.8. The van der Waals surface area contributed by atoms with Crippen LogP contribution in [0.25, 0.3) is 5.69 Å². The van der Waals surface area contributed by atoms with Crippen molar-refractivity contribution in [1.82, 2.24) is 19.8 Å². The van der Waals surface area contributed by atoms with Crippen molar-refractivity contribution in [3.8, 4) is 11.4 Å². The van der Waals surface area contributed by atoms with E-state index in [1.165, 1.54) is 17.8 Å². The van der Waals surface area contributed by atoms with Gasteiger partial charge in [0.2, 0.25) is 0 Å². The molecule has 1 heterocycles. The third-order valence-electron chi connectivity index (χ3n) is 4.09. The number of urea groups is 1. The Morgan fingerprint density at radius 3 is 2.45 bits per heavy atom. The fourth-order valence-corrected chi connectivity index (χ4v) is 3.62. The van der Waals surface area contributed by atoms with Gasteiger partial charge in [0.25, 0.3) is 15.6 Å². The van der Waals surface area contributed by atoms with Crippen molar-refractivity contribution in [2.75, 3.05) is 7.05 Å². The Morgan fingerprint density at radius 1 is 1.16 bits per heavy atom. The molecule has 162 valence electrons. The summed E-state index contributed by atoms with van der Waals surface area (Å²) in [6.07, 6.45) is 0. The number of hydrogen-bond acceptors (Lipinski definition) is 7. The Bertz CT molecular complexity index is 1330. The topological polar surface area (TPSA) is 158 Å². The molecule has 0 unspecified atom stereocenters. The van der Waals surface area contributed by atoms with Gasteiger partial charge in [-0.3, -0.25) is 9.89 Å². The van der Waals surface area contributed by atoms with E-state index in [1.54, 1.807) is 35.9 Å². The van der Waals surface area contributed by atoms with Gasteiger partial charge in [-0.15, -0.1) is 10.2 Å². The zero-order valence-electron chi connectivity index (χ0n) is 16.2. The Hall–Kier alpha value is -3.64. The summed E-state index contributed by atoms with van der Waals surface area (Å²) in [5.41, 5.74) is 0.429. The van der Waals surface area contributed by atoms with Crippen LogP contribution in [0, 0.1) is 6.92 Å². The molecule has 11 nitrogen and oxygen atoms in total. The number of aryl methyl sites for hydroxylation is 1. The molecule has 1 aromatic heterocycles. The molecule has 4 N–H and O–H groups in total. The van der Waals surface area contributed by atoms with Crippen molar-refractivity contribution in [3.05, 3.63) is 63.5 Å². The molecule has 0 saturated heterocycles. The molecule has 0 spiro atoms. The summed E-state index contributed by atoms with van der Waals surface area (Å²) in [6.45, 7) is 1.63. The highest BCUT2D eigenvalue weighted by molar-refractivity contribution is 7.90. The van der Waals surface area contributed by atoms with Crippen LogP contribution >= 0.6 is 11.6 Å². The number of hydrogen-bond donors (Lipinski definition) is 4. The predicted octanol–water partition coefficient (Wildman–Crippen LogP) is 2.87. The number of aromatic amines is 1. The maximum atomic E-state index is 12.7. The van der Waals surface area contributed by atoms with E-state index in [4.69, 9.17) is 11.6 Å². The molecule has 2 aromatic carbocycles. The van der Waals surface area contributed by atoms with Crippen LogP contribution in [0.2, 0.25) is 5.02 Å². The number of azo groups is 1. The Morgan fingerprint density at radius 2 is 1.84 bits per heavy atom. The quantitative estimate of drug-likeness (QED) is 0.427. The van der Waals surface area contributed by atoms with E-state index in [-0.39, 0.29) is 16.3 Å². The Balaban J connectivity index is 1.90. The standard InChI is InChI=1S/C18H17ClN6O5S/c1-10-16(17(27)25(23-10)12-5-3-11(19)4-6-12)22-21-14-8-7-13(9-15(14)26)31(29,30)24-18(28)20-2/h3-9,23,26H,1-2H3,(H2,20,24,28). The minimum absolute atomic E-state index is 0.00679. The number of H-pyrrole nitrogens is 1. The van der Waals surface area contributed by atoms with Crippen molar-refractivity contribution < 1.29 is 18.3 Å². The third-order valence-corrected chi connectivity index (χ3v) is 5.67. The summed E-state index contributed by atoms with van der Waals surface area (Å²) in [5, 5.41) is 23.4. The summed E-state index contributed by atoms with van der Waals surface area (Å²) < 4.78 is 27.2. The number of carbonyl (C=O) groups excluding carboxylic acids is 1. The number of carbonyl (C=O) groups is 1. The molecular weight excluding hydrogens is 448 g/mol. The fourth-order valence-electron chi connectivity index (χ4n) is 2.52. The largest absolute Gasteiger partial charge is 0.506 e. The first-order valence-corrected chi connectivity index (χ1v) is 10.6. The van der Waals surface area contributed by atoms with Gasteiger partial charge in [-0.2, -0.15) is 0 Å². The second-order valence-corrected chi connectivity index (χ2v) is 8.36. The van der Waals surface area contributed by atoms with Crippen LogP contribution in [-0.4, -0.2) is 36.4 Å². The maximum absolute atomic E-state index is 12.7. The molecule has 0 fully saturated rings. The van der Waals surface area contributed by atoms with Gasteiger partial charge in [-0.05, 0) is 43.3 Å². The number of sulfonamides is 1. The number of nitrogens with zero attached hydrogens (tertiary/aromatic N) is 3. The molecule has 2 amide bonds.